The standard InChI is InChI=1S/C21H22N6O3S3/c1-3-30-16(29)7-12-8-31-20(23-12)24-15(28)9-32-21-26-25-18-17-13-5-4-11(2)6-14(13)33-19(17)22-10-27(18)21/h8,10-11H,3-7,9H2,1-2H3,(H,23,24,28)/t11-/m1/s1. The lowest BCUT2D eigenvalue weighted by Crippen LogP contribution is -2.14. The largest absolute Gasteiger partial charge is 0.466 e. The Morgan fingerprint density at radius 2 is 2.24 bits per heavy atom. The third kappa shape index (κ3) is 4.59. The van der Waals surface area contributed by atoms with Gasteiger partial charge in [-0.1, -0.05) is 18.7 Å². The molecule has 172 valence electrons. The van der Waals surface area contributed by atoms with Crippen LogP contribution in [0.1, 0.15) is 36.4 Å². The average Bonchev–Trinajstić information content (AvgIpc) is 3.48. The van der Waals surface area contributed by atoms with E-state index < -0.39 is 0 Å². The number of nitrogens with one attached hydrogen (secondary N) is 1. The Morgan fingerprint density at radius 3 is 3.09 bits per heavy atom. The molecule has 1 atom stereocenters. The van der Waals surface area contributed by atoms with Gasteiger partial charge in [-0.05, 0) is 37.7 Å². The van der Waals surface area contributed by atoms with Crippen molar-refractivity contribution < 1.29 is 14.3 Å². The molecular formula is C21H22N6O3S3. The van der Waals surface area contributed by atoms with E-state index in [1.54, 1.807) is 30.0 Å². The Morgan fingerprint density at radius 1 is 1.36 bits per heavy atom. The predicted molar refractivity (Wildman–Crippen MR) is 129 cm³/mol. The Kier molecular flexibility index (Phi) is 6.30. The van der Waals surface area contributed by atoms with Crippen molar-refractivity contribution in [2.45, 2.75) is 44.7 Å². The van der Waals surface area contributed by atoms with Gasteiger partial charge in [0.05, 0.1) is 29.9 Å². The van der Waals surface area contributed by atoms with Crippen molar-refractivity contribution in [3.05, 3.63) is 27.8 Å². The monoisotopic (exact) mass is 502 g/mol. The van der Waals surface area contributed by atoms with Gasteiger partial charge in [0, 0.05) is 10.3 Å². The molecule has 1 N–H and O–H groups in total. The van der Waals surface area contributed by atoms with E-state index in [1.807, 2.05) is 4.40 Å². The quantitative estimate of drug-likeness (QED) is 0.300. The zero-order valence-corrected chi connectivity index (χ0v) is 20.6. The highest BCUT2D eigenvalue weighted by Crippen LogP contribution is 2.39. The van der Waals surface area contributed by atoms with Crippen LogP contribution in [0.25, 0.3) is 15.9 Å². The second-order valence-corrected chi connectivity index (χ2v) is 10.8. The molecule has 9 nitrogen and oxygen atoms in total. The van der Waals surface area contributed by atoms with Crippen molar-refractivity contribution in [3.8, 4) is 0 Å². The number of thiazole rings is 1. The SMILES string of the molecule is CCOC(=O)Cc1csc(NC(=O)CSc2nnc3c4c5c(sc4ncn23)C[C@H](C)CC5)n1. The fourth-order valence-electron chi connectivity index (χ4n) is 3.91. The van der Waals surface area contributed by atoms with Gasteiger partial charge in [-0.3, -0.25) is 14.0 Å². The summed E-state index contributed by atoms with van der Waals surface area (Å²) in [6.07, 6.45) is 5.14. The summed E-state index contributed by atoms with van der Waals surface area (Å²) in [6, 6.07) is 0. The van der Waals surface area contributed by atoms with Gasteiger partial charge in [0.25, 0.3) is 0 Å². The number of hydrogen-bond acceptors (Lipinski definition) is 10. The minimum Gasteiger partial charge on any atom is -0.466 e. The van der Waals surface area contributed by atoms with Crippen LogP contribution in [0.15, 0.2) is 16.9 Å². The van der Waals surface area contributed by atoms with E-state index in [4.69, 9.17) is 4.74 Å². The van der Waals surface area contributed by atoms with E-state index in [-0.39, 0.29) is 24.1 Å². The van der Waals surface area contributed by atoms with Crippen LogP contribution in [0.4, 0.5) is 5.13 Å². The Bertz CT molecular complexity index is 1340. The van der Waals surface area contributed by atoms with Gasteiger partial charge in [-0.15, -0.1) is 32.9 Å². The van der Waals surface area contributed by atoms with Gasteiger partial charge in [0.1, 0.15) is 11.2 Å². The minimum absolute atomic E-state index is 0.0906. The zero-order chi connectivity index (χ0) is 22.9. The van der Waals surface area contributed by atoms with Gasteiger partial charge in [0.15, 0.2) is 15.9 Å². The first kappa shape index (κ1) is 22.2. The molecule has 0 aliphatic heterocycles. The topological polar surface area (TPSA) is 111 Å². The molecule has 1 amide bonds. The molecule has 4 heterocycles. The van der Waals surface area contributed by atoms with E-state index >= 15 is 0 Å². The van der Waals surface area contributed by atoms with Crippen LogP contribution >= 0.6 is 34.4 Å². The minimum atomic E-state index is -0.334. The summed E-state index contributed by atoms with van der Waals surface area (Å²) in [5.74, 6) is 0.317. The summed E-state index contributed by atoms with van der Waals surface area (Å²) >= 11 is 4.33. The lowest BCUT2D eigenvalue weighted by atomic mass is 9.89. The molecule has 0 saturated heterocycles. The molecular weight excluding hydrogens is 480 g/mol. The molecule has 4 aromatic rings. The molecule has 0 fully saturated rings. The summed E-state index contributed by atoms with van der Waals surface area (Å²) in [5, 5.41) is 15.4. The second-order valence-electron chi connectivity index (χ2n) is 7.92. The van der Waals surface area contributed by atoms with Crippen molar-refractivity contribution in [1.82, 2.24) is 24.6 Å². The van der Waals surface area contributed by atoms with Gasteiger partial charge in [0.2, 0.25) is 5.91 Å². The van der Waals surface area contributed by atoms with Crippen LogP contribution in [0.3, 0.4) is 0 Å². The van der Waals surface area contributed by atoms with E-state index in [9.17, 15) is 9.59 Å². The normalized spacial score (nSPS) is 15.6. The number of fused-ring (bicyclic) bond motifs is 5. The highest BCUT2D eigenvalue weighted by molar-refractivity contribution is 7.99. The molecule has 0 radical (unpaired) electrons. The van der Waals surface area contributed by atoms with Crippen molar-refractivity contribution in [2.24, 2.45) is 5.92 Å². The molecule has 4 aromatic heterocycles. The van der Waals surface area contributed by atoms with Crippen LogP contribution in [-0.2, 0) is 33.6 Å². The lowest BCUT2D eigenvalue weighted by molar-refractivity contribution is -0.142. The number of thioether (sulfide) groups is 1. The number of ether oxygens (including phenoxy) is 1. The third-order valence-electron chi connectivity index (χ3n) is 5.43. The molecule has 0 bridgehead atoms. The highest BCUT2D eigenvalue weighted by Gasteiger charge is 2.24. The number of esters is 1. The molecule has 0 saturated carbocycles. The first-order valence-electron chi connectivity index (χ1n) is 10.7. The summed E-state index contributed by atoms with van der Waals surface area (Å²) in [6.45, 7) is 4.38. The predicted octanol–water partition coefficient (Wildman–Crippen LogP) is 3.76. The first-order chi connectivity index (χ1) is 16.0. The van der Waals surface area contributed by atoms with Gasteiger partial charge < -0.3 is 10.1 Å². The fraction of sp³-hybridized carbons (Fsp3) is 0.429. The number of anilines is 1. The van der Waals surface area contributed by atoms with Gasteiger partial charge in [-0.2, -0.15) is 0 Å². The molecule has 12 heteroatoms. The zero-order valence-electron chi connectivity index (χ0n) is 18.2. The lowest BCUT2D eigenvalue weighted by Gasteiger charge is -2.17. The molecule has 0 spiro atoms. The summed E-state index contributed by atoms with van der Waals surface area (Å²) in [4.78, 5) is 35.4. The van der Waals surface area contributed by atoms with Gasteiger partial charge in [-0.25, -0.2) is 9.97 Å². The molecule has 1 aliphatic carbocycles. The van der Waals surface area contributed by atoms with Crippen molar-refractivity contribution >= 4 is 67.3 Å². The maximum Gasteiger partial charge on any atom is 0.311 e. The number of carbonyl (C=O) groups is 2. The Balaban J connectivity index is 1.26. The van der Waals surface area contributed by atoms with Crippen LogP contribution in [0, 0.1) is 5.92 Å². The van der Waals surface area contributed by atoms with Crippen molar-refractivity contribution in [1.29, 1.82) is 0 Å². The first-order valence-corrected chi connectivity index (χ1v) is 13.4. The number of carbonyl (C=O) groups excluding carboxylic acids is 2. The van der Waals surface area contributed by atoms with E-state index in [1.165, 1.54) is 40.0 Å². The summed E-state index contributed by atoms with van der Waals surface area (Å²) in [5.41, 5.74) is 2.74. The smallest absolute Gasteiger partial charge is 0.311 e. The number of rotatable bonds is 7. The molecule has 5 rings (SSSR count). The average molecular weight is 503 g/mol. The Hall–Kier alpha value is -2.57. The van der Waals surface area contributed by atoms with Crippen molar-refractivity contribution in [3.63, 3.8) is 0 Å². The second kappa shape index (κ2) is 9.35. The summed E-state index contributed by atoms with van der Waals surface area (Å²) < 4.78 is 6.79. The maximum absolute atomic E-state index is 12.4. The fourth-order valence-corrected chi connectivity index (χ4v) is 6.68. The number of nitrogens with zero attached hydrogens (tertiary/aromatic N) is 5. The van der Waals surface area contributed by atoms with E-state index in [0.717, 1.165) is 28.7 Å². The summed E-state index contributed by atoms with van der Waals surface area (Å²) in [7, 11) is 0. The van der Waals surface area contributed by atoms with E-state index in [0.29, 0.717) is 28.5 Å². The third-order valence-corrected chi connectivity index (χ3v) is 8.34. The number of amides is 1. The van der Waals surface area contributed by atoms with E-state index in [2.05, 4.69) is 32.4 Å². The number of aryl methyl sites for hydroxylation is 1. The van der Waals surface area contributed by atoms with Gasteiger partial charge >= 0.3 is 5.97 Å². The van der Waals surface area contributed by atoms with Crippen LogP contribution < -0.4 is 5.32 Å². The molecule has 0 aromatic carbocycles. The van der Waals surface area contributed by atoms with Crippen LogP contribution in [0.5, 0.6) is 0 Å². The molecule has 1 aliphatic rings. The van der Waals surface area contributed by atoms with Crippen LogP contribution in [-0.4, -0.2) is 48.8 Å². The maximum atomic E-state index is 12.4. The molecule has 0 unspecified atom stereocenters. The highest BCUT2D eigenvalue weighted by atomic mass is 32.2. The number of thiophene rings is 1. The number of aromatic nitrogens is 5. The molecule has 33 heavy (non-hydrogen) atoms. The number of hydrogen-bond donors (Lipinski definition) is 1. The Labute approximate surface area is 202 Å². The van der Waals surface area contributed by atoms with Crippen LogP contribution in [0.2, 0.25) is 0 Å². The van der Waals surface area contributed by atoms with Crippen molar-refractivity contribution in [2.75, 3.05) is 17.7 Å².